The van der Waals surface area contributed by atoms with Crippen molar-refractivity contribution in [1.29, 1.82) is 0 Å². The summed E-state index contributed by atoms with van der Waals surface area (Å²) in [6, 6.07) is 27.2. The number of likely N-dealkylation sites (tertiary alicyclic amines) is 1. The maximum absolute atomic E-state index is 7.10. The van der Waals surface area contributed by atoms with Gasteiger partial charge in [0.2, 0.25) is 0 Å². The Kier molecular flexibility index (Phi) is 7.87. The first-order chi connectivity index (χ1) is 17.8. The van der Waals surface area contributed by atoms with E-state index in [2.05, 4.69) is 102 Å². The van der Waals surface area contributed by atoms with E-state index in [0.717, 1.165) is 61.1 Å². The molecule has 3 aromatic carbocycles. The molecule has 0 saturated carbocycles. The molecule has 194 valence electrons. The van der Waals surface area contributed by atoms with Crippen LogP contribution in [0.1, 0.15) is 23.1 Å². The van der Waals surface area contributed by atoms with Gasteiger partial charge in [-0.2, -0.15) is 5.10 Å². The Labute approximate surface area is 227 Å². The largest absolute Gasteiger partial charge is 0.360 e. The third-order valence-electron chi connectivity index (χ3n) is 7.58. The monoisotopic (exact) mass is 531 g/mol. The van der Waals surface area contributed by atoms with Crippen molar-refractivity contribution in [3.63, 3.8) is 0 Å². The summed E-state index contributed by atoms with van der Waals surface area (Å²) in [7, 11) is -1.12. The Morgan fingerprint density at radius 1 is 0.973 bits per heavy atom. The van der Waals surface area contributed by atoms with Crippen molar-refractivity contribution in [1.82, 2.24) is 14.7 Å². The van der Waals surface area contributed by atoms with E-state index in [0.29, 0.717) is 6.73 Å². The van der Waals surface area contributed by atoms with Gasteiger partial charge in [0.1, 0.15) is 6.73 Å². The average molecular weight is 532 g/mol. The van der Waals surface area contributed by atoms with Gasteiger partial charge >= 0.3 is 0 Å². The molecule has 1 unspecified atom stereocenters. The van der Waals surface area contributed by atoms with E-state index < -0.39 is 8.07 Å². The van der Waals surface area contributed by atoms with Crippen molar-refractivity contribution in [2.45, 2.75) is 57.2 Å². The molecule has 0 amide bonds. The van der Waals surface area contributed by atoms with Crippen LogP contribution < -0.4 is 0 Å². The number of nitrogens with zero attached hydrogens (tertiary/aromatic N) is 3. The van der Waals surface area contributed by atoms with Crippen LogP contribution in [0.3, 0.4) is 0 Å². The highest BCUT2D eigenvalue weighted by molar-refractivity contribution is 6.76. The molecule has 1 aliphatic rings. The highest BCUT2D eigenvalue weighted by Gasteiger charge is 2.41. The van der Waals surface area contributed by atoms with Crippen LogP contribution in [-0.4, -0.2) is 42.5 Å². The zero-order valence-corrected chi connectivity index (χ0v) is 24.0. The van der Waals surface area contributed by atoms with E-state index in [1.165, 1.54) is 16.7 Å². The van der Waals surface area contributed by atoms with Crippen LogP contribution in [-0.2, 0) is 29.8 Å². The molecule has 0 N–H and O–H groups in total. The predicted octanol–water partition coefficient (Wildman–Crippen LogP) is 7.39. The smallest absolute Gasteiger partial charge is 0.139 e. The Bertz CT molecular complexity index is 1320. The summed E-state index contributed by atoms with van der Waals surface area (Å²) >= 11 is 7.10. The molecule has 1 aliphatic heterocycles. The summed E-state index contributed by atoms with van der Waals surface area (Å²) in [5.74, 6) is 0. The first-order valence-corrected chi connectivity index (χ1v) is 17.4. The zero-order valence-electron chi connectivity index (χ0n) is 22.3. The van der Waals surface area contributed by atoms with Gasteiger partial charge < -0.3 is 4.74 Å². The van der Waals surface area contributed by atoms with Gasteiger partial charge in [-0.25, -0.2) is 4.68 Å². The average Bonchev–Trinajstić information content (AvgIpc) is 3.46. The highest BCUT2D eigenvalue weighted by atomic mass is 35.5. The molecule has 5 rings (SSSR count). The topological polar surface area (TPSA) is 30.3 Å². The minimum Gasteiger partial charge on any atom is -0.360 e. The summed E-state index contributed by atoms with van der Waals surface area (Å²) in [5.41, 5.74) is 4.94. The summed E-state index contributed by atoms with van der Waals surface area (Å²) < 4.78 is 7.93. The standard InChI is InChI=1S/C31H38ClN3OSi/c1-37(2,3)17-16-36-24-35-30-19-29(32)28(18-27(30)21-33-35)31(20-25-10-6-4-7-11-25)14-15-34(23-31)22-26-12-8-5-9-13-26/h4-13,18-19,21H,14-17,20,22-24H2,1-3H3. The van der Waals surface area contributed by atoms with Gasteiger partial charge in [-0.15, -0.1) is 0 Å². The molecule has 0 bridgehead atoms. The van der Waals surface area contributed by atoms with Crippen LogP contribution in [0.25, 0.3) is 10.9 Å². The molecular formula is C31H38ClN3OSi. The molecular weight excluding hydrogens is 494 g/mol. The fourth-order valence-electron chi connectivity index (χ4n) is 5.52. The lowest BCUT2D eigenvalue weighted by Gasteiger charge is -2.32. The van der Waals surface area contributed by atoms with Crippen molar-refractivity contribution < 1.29 is 4.74 Å². The molecule has 4 aromatic rings. The summed E-state index contributed by atoms with van der Waals surface area (Å²) in [5, 5.41) is 6.60. The van der Waals surface area contributed by atoms with Gasteiger partial charge in [0.05, 0.1) is 11.7 Å². The summed E-state index contributed by atoms with van der Waals surface area (Å²) in [6.07, 6.45) is 4.01. The SMILES string of the molecule is C[Si](C)(C)CCOCn1ncc2cc(C3(Cc4ccccc4)CCN(Cc4ccccc4)C3)c(Cl)cc21. The molecule has 1 fully saturated rings. The van der Waals surface area contributed by atoms with Crippen LogP contribution in [0.2, 0.25) is 30.7 Å². The fourth-order valence-corrected chi connectivity index (χ4v) is 6.64. The van der Waals surface area contributed by atoms with Gasteiger partial charge in [0.15, 0.2) is 0 Å². The molecule has 0 radical (unpaired) electrons. The Balaban J connectivity index is 1.42. The normalized spacial score (nSPS) is 18.6. The quantitative estimate of drug-likeness (QED) is 0.158. The Morgan fingerprint density at radius 3 is 2.38 bits per heavy atom. The molecule has 1 aromatic heterocycles. The van der Waals surface area contributed by atoms with Gasteiger partial charge in [-0.3, -0.25) is 4.90 Å². The summed E-state index contributed by atoms with van der Waals surface area (Å²) in [4.78, 5) is 2.58. The molecule has 37 heavy (non-hydrogen) atoms. The van der Waals surface area contributed by atoms with Crippen molar-refractivity contribution >= 4 is 30.6 Å². The lowest BCUT2D eigenvalue weighted by Crippen LogP contribution is -2.33. The van der Waals surface area contributed by atoms with Crippen molar-refractivity contribution in [3.05, 3.63) is 101 Å². The highest BCUT2D eigenvalue weighted by Crippen LogP contribution is 2.43. The van der Waals surface area contributed by atoms with Crippen LogP contribution in [0.15, 0.2) is 79.0 Å². The molecule has 4 nitrogen and oxygen atoms in total. The zero-order chi connectivity index (χ0) is 25.9. The van der Waals surface area contributed by atoms with Gasteiger partial charge in [-0.1, -0.05) is 91.9 Å². The second-order valence-corrected chi connectivity index (χ2v) is 17.8. The van der Waals surface area contributed by atoms with E-state index >= 15 is 0 Å². The number of fused-ring (bicyclic) bond motifs is 1. The lowest BCUT2D eigenvalue weighted by molar-refractivity contribution is 0.0817. The number of ether oxygens (including phenoxy) is 1. The van der Waals surface area contributed by atoms with Crippen molar-refractivity contribution in [2.24, 2.45) is 0 Å². The Morgan fingerprint density at radius 2 is 1.68 bits per heavy atom. The first-order valence-electron chi connectivity index (χ1n) is 13.3. The molecule has 2 heterocycles. The van der Waals surface area contributed by atoms with Crippen LogP contribution in [0.4, 0.5) is 0 Å². The van der Waals surface area contributed by atoms with E-state index in [1.54, 1.807) is 0 Å². The minimum atomic E-state index is -1.12. The number of aromatic nitrogens is 2. The third-order valence-corrected chi connectivity index (χ3v) is 9.60. The van der Waals surface area contributed by atoms with E-state index in [4.69, 9.17) is 16.3 Å². The van der Waals surface area contributed by atoms with Crippen LogP contribution >= 0.6 is 11.6 Å². The lowest BCUT2D eigenvalue weighted by atomic mass is 9.74. The number of benzene rings is 3. The minimum absolute atomic E-state index is 0.0443. The van der Waals surface area contributed by atoms with E-state index in [9.17, 15) is 0 Å². The van der Waals surface area contributed by atoms with Gasteiger partial charge in [0, 0.05) is 43.6 Å². The van der Waals surface area contributed by atoms with Crippen molar-refractivity contribution in [2.75, 3.05) is 19.7 Å². The second-order valence-electron chi connectivity index (χ2n) is 11.8. The van der Waals surface area contributed by atoms with Crippen LogP contribution in [0.5, 0.6) is 0 Å². The van der Waals surface area contributed by atoms with E-state index in [-0.39, 0.29) is 5.41 Å². The molecule has 1 saturated heterocycles. The van der Waals surface area contributed by atoms with Gasteiger partial charge in [0.25, 0.3) is 0 Å². The Hall–Kier alpha value is -2.44. The number of hydrogen-bond donors (Lipinski definition) is 0. The maximum Gasteiger partial charge on any atom is 0.139 e. The number of rotatable bonds is 10. The number of hydrogen-bond acceptors (Lipinski definition) is 3. The first kappa shape index (κ1) is 26.2. The third kappa shape index (κ3) is 6.35. The summed E-state index contributed by atoms with van der Waals surface area (Å²) in [6.45, 7) is 11.4. The van der Waals surface area contributed by atoms with Crippen LogP contribution in [0, 0.1) is 0 Å². The van der Waals surface area contributed by atoms with E-state index in [1.807, 2.05) is 10.9 Å². The molecule has 0 aliphatic carbocycles. The van der Waals surface area contributed by atoms with Gasteiger partial charge in [-0.05, 0) is 54.3 Å². The molecule has 1 atom stereocenters. The fraction of sp³-hybridized carbons (Fsp3) is 0.387. The number of halogens is 1. The predicted molar refractivity (Wildman–Crippen MR) is 157 cm³/mol. The molecule has 0 spiro atoms. The second kappa shape index (κ2) is 11.1. The molecule has 6 heteroatoms. The van der Waals surface area contributed by atoms with Crippen molar-refractivity contribution in [3.8, 4) is 0 Å². The maximum atomic E-state index is 7.10.